The fourth-order valence-corrected chi connectivity index (χ4v) is 2.42. The molecule has 3 nitrogen and oxygen atoms in total. The van der Waals surface area contributed by atoms with Crippen LogP contribution in [0.25, 0.3) is 11.1 Å². The van der Waals surface area contributed by atoms with Gasteiger partial charge in [0.1, 0.15) is 5.75 Å². The molecule has 0 N–H and O–H groups in total. The Bertz CT molecular complexity index is 869. The van der Waals surface area contributed by atoms with Crippen LogP contribution in [0.15, 0.2) is 78.9 Å². The van der Waals surface area contributed by atoms with Crippen LogP contribution in [0.3, 0.4) is 0 Å². The molecular weight excluding hydrogens is 311 g/mol. The minimum atomic E-state index is -0.447. The van der Waals surface area contributed by atoms with E-state index in [0.29, 0.717) is 16.9 Å². The highest BCUT2D eigenvalue weighted by Gasteiger charge is 2.10. The molecule has 0 aliphatic heterocycles. The molecule has 0 fully saturated rings. The van der Waals surface area contributed by atoms with Crippen molar-refractivity contribution in [3.05, 3.63) is 90.0 Å². The lowest BCUT2D eigenvalue weighted by Crippen LogP contribution is -2.08. The zero-order valence-corrected chi connectivity index (χ0v) is 13.5. The van der Waals surface area contributed by atoms with Gasteiger partial charge in [-0.3, -0.25) is 4.79 Å². The first-order chi connectivity index (χ1) is 12.2. The highest BCUT2D eigenvalue weighted by atomic mass is 16.5. The zero-order chi connectivity index (χ0) is 17.6. The lowest BCUT2D eigenvalue weighted by molar-refractivity contribution is 0.0734. The number of carbonyl (C=O) groups is 2. The third-order valence-electron chi connectivity index (χ3n) is 3.80. The molecule has 120 valence electrons. The van der Waals surface area contributed by atoms with Crippen molar-refractivity contribution < 1.29 is 14.3 Å². The summed E-state index contributed by atoms with van der Waals surface area (Å²) in [5.41, 5.74) is 3.07. The van der Waals surface area contributed by atoms with E-state index in [1.807, 2.05) is 42.5 Å². The quantitative estimate of drug-likeness (QED) is 0.303. The molecule has 0 bridgehead atoms. The first-order valence-corrected chi connectivity index (χ1v) is 7.88. The van der Waals surface area contributed by atoms with Crippen molar-refractivity contribution in [3.8, 4) is 16.9 Å². The third-order valence-corrected chi connectivity index (χ3v) is 3.80. The van der Waals surface area contributed by atoms with Crippen molar-refractivity contribution in [3.63, 3.8) is 0 Å². The van der Waals surface area contributed by atoms with Gasteiger partial charge < -0.3 is 4.74 Å². The number of carbonyl (C=O) groups excluding carboxylic acids is 2. The summed E-state index contributed by atoms with van der Waals surface area (Å²) in [5.74, 6) is -0.224. The summed E-state index contributed by atoms with van der Waals surface area (Å²) in [7, 11) is 5.32. The SMILES string of the molecule is [B]CC(=O)c1ccc(OC(=O)c2ccc(-c3ccccc3)cc2)cc1. The van der Waals surface area contributed by atoms with Crippen LogP contribution in [0.1, 0.15) is 20.7 Å². The molecule has 0 saturated carbocycles. The van der Waals surface area contributed by atoms with Gasteiger partial charge in [-0.05, 0) is 53.8 Å². The summed E-state index contributed by atoms with van der Waals surface area (Å²) in [6.45, 7) is 0. The van der Waals surface area contributed by atoms with Gasteiger partial charge in [0.2, 0.25) is 0 Å². The van der Waals surface area contributed by atoms with Gasteiger partial charge >= 0.3 is 5.97 Å². The third kappa shape index (κ3) is 4.04. The van der Waals surface area contributed by atoms with E-state index in [0.717, 1.165) is 11.1 Å². The first-order valence-electron chi connectivity index (χ1n) is 7.88. The van der Waals surface area contributed by atoms with Gasteiger partial charge in [0.15, 0.2) is 5.78 Å². The Morgan fingerprint density at radius 2 is 1.28 bits per heavy atom. The maximum Gasteiger partial charge on any atom is 0.343 e. The lowest BCUT2D eigenvalue weighted by atomic mass is 9.96. The predicted molar refractivity (Wildman–Crippen MR) is 98.2 cm³/mol. The average molecular weight is 326 g/mol. The zero-order valence-electron chi connectivity index (χ0n) is 13.5. The Morgan fingerprint density at radius 1 is 0.720 bits per heavy atom. The molecule has 2 radical (unpaired) electrons. The Morgan fingerprint density at radius 3 is 1.88 bits per heavy atom. The molecule has 3 aromatic rings. The van der Waals surface area contributed by atoms with Gasteiger partial charge in [-0.15, -0.1) is 0 Å². The number of benzene rings is 3. The Labute approximate surface area is 147 Å². The number of rotatable bonds is 5. The van der Waals surface area contributed by atoms with E-state index in [4.69, 9.17) is 12.6 Å². The highest BCUT2D eigenvalue weighted by molar-refractivity contribution is 6.24. The minimum absolute atomic E-state index is 0.0487. The monoisotopic (exact) mass is 326 g/mol. The van der Waals surface area contributed by atoms with E-state index in [1.165, 1.54) is 0 Å². The van der Waals surface area contributed by atoms with Crippen molar-refractivity contribution in [2.75, 3.05) is 0 Å². The molecule has 0 aliphatic carbocycles. The van der Waals surface area contributed by atoms with Crippen molar-refractivity contribution in [1.82, 2.24) is 0 Å². The largest absolute Gasteiger partial charge is 0.423 e. The van der Waals surface area contributed by atoms with Crippen molar-refractivity contribution in [2.45, 2.75) is 6.32 Å². The second-order valence-electron chi connectivity index (χ2n) is 5.48. The predicted octanol–water partition coefficient (Wildman–Crippen LogP) is 4.34. The van der Waals surface area contributed by atoms with Crippen LogP contribution in [-0.2, 0) is 0 Å². The van der Waals surface area contributed by atoms with E-state index in [1.54, 1.807) is 36.4 Å². The Kier molecular flexibility index (Phi) is 5.10. The van der Waals surface area contributed by atoms with Crippen molar-refractivity contribution in [1.29, 1.82) is 0 Å². The molecule has 0 saturated heterocycles. The standard InChI is InChI=1S/C21H15BO3/c22-14-20(23)17-10-12-19(13-11-17)25-21(24)18-8-6-16(7-9-18)15-4-2-1-3-5-15/h1-13H,14H2. The Balaban J connectivity index is 1.70. The summed E-state index contributed by atoms with van der Waals surface area (Å²) in [6.07, 6.45) is -0.0487. The maximum absolute atomic E-state index is 12.2. The van der Waals surface area contributed by atoms with Crippen LogP contribution in [-0.4, -0.2) is 19.6 Å². The number of hydrogen-bond acceptors (Lipinski definition) is 3. The van der Waals surface area contributed by atoms with Gasteiger partial charge in [0.05, 0.1) is 13.4 Å². The smallest absolute Gasteiger partial charge is 0.343 e. The van der Waals surface area contributed by atoms with Crippen LogP contribution in [0, 0.1) is 0 Å². The van der Waals surface area contributed by atoms with Gasteiger partial charge in [-0.2, -0.15) is 0 Å². The molecule has 3 rings (SSSR count). The molecule has 0 amide bonds. The second kappa shape index (κ2) is 7.62. The highest BCUT2D eigenvalue weighted by Crippen LogP contribution is 2.20. The van der Waals surface area contributed by atoms with Gasteiger partial charge in [-0.25, -0.2) is 4.79 Å². The fraction of sp³-hybridized carbons (Fsp3) is 0.0476. The molecule has 4 heteroatoms. The minimum Gasteiger partial charge on any atom is -0.423 e. The number of Topliss-reactive ketones (excluding diaryl/α,β-unsaturated/α-hetero) is 1. The van der Waals surface area contributed by atoms with E-state index in [2.05, 4.69) is 0 Å². The molecule has 0 aromatic heterocycles. The van der Waals surface area contributed by atoms with Crippen LogP contribution in [0.4, 0.5) is 0 Å². The van der Waals surface area contributed by atoms with Crippen LogP contribution in [0.2, 0.25) is 6.32 Å². The summed E-state index contributed by atoms with van der Waals surface area (Å²) in [4.78, 5) is 23.7. The van der Waals surface area contributed by atoms with E-state index in [9.17, 15) is 9.59 Å². The molecule has 0 heterocycles. The summed E-state index contributed by atoms with van der Waals surface area (Å²) >= 11 is 0. The van der Waals surface area contributed by atoms with Crippen LogP contribution >= 0.6 is 0 Å². The van der Waals surface area contributed by atoms with E-state index < -0.39 is 5.97 Å². The average Bonchev–Trinajstić information content (AvgIpc) is 2.68. The second-order valence-corrected chi connectivity index (χ2v) is 5.48. The molecule has 0 spiro atoms. The number of esters is 1. The van der Waals surface area contributed by atoms with E-state index in [-0.39, 0.29) is 12.1 Å². The molecule has 0 unspecified atom stereocenters. The number of hydrogen-bond donors (Lipinski definition) is 0. The molecule has 0 atom stereocenters. The summed E-state index contributed by atoms with van der Waals surface area (Å²) in [5, 5.41) is 0. The number of ether oxygens (including phenoxy) is 1. The maximum atomic E-state index is 12.2. The topological polar surface area (TPSA) is 43.4 Å². The Hall–Kier alpha value is -3.14. The van der Waals surface area contributed by atoms with Crippen LogP contribution < -0.4 is 4.74 Å². The fourth-order valence-electron chi connectivity index (χ4n) is 2.42. The lowest BCUT2D eigenvalue weighted by Gasteiger charge is -2.06. The van der Waals surface area contributed by atoms with Crippen LogP contribution in [0.5, 0.6) is 5.75 Å². The molecule has 3 aromatic carbocycles. The van der Waals surface area contributed by atoms with Gasteiger partial charge in [0.25, 0.3) is 0 Å². The molecule has 0 aliphatic rings. The van der Waals surface area contributed by atoms with Crippen molar-refractivity contribution in [2.24, 2.45) is 0 Å². The van der Waals surface area contributed by atoms with Gasteiger partial charge in [-0.1, -0.05) is 42.5 Å². The first kappa shape index (κ1) is 16.7. The summed E-state index contributed by atoms with van der Waals surface area (Å²) < 4.78 is 5.33. The normalized spacial score (nSPS) is 10.2. The van der Waals surface area contributed by atoms with Crippen molar-refractivity contribution >= 4 is 19.6 Å². The molecule has 25 heavy (non-hydrogen) atoms. The van der Waals surface area contributed by atoms with E-state index >= 15 is 0 Å². The van der Waals surface area contributed by atoms with Gasteiger partial charge in [0, 0.05) is 5.56 Å². The number of ketones is 1. The summed E-state index contributed by atoms with van der Waals surface area (Å²) in [6, 6.07) is 23.5. The molecular formula is C21H15BO3.